The third-order valence-electron chi connectivity index (χ3n) is 5.80. The SMILES string of the molecule is O=C(CC1CCCC1)N1CCCC1c1nc(CCOCC2CC2)no1. The summed E-state index contributed by atoms with van der Waals surface area (Å²) in [6, 6.07) is -0.0254. The molecule has 2 heterocycles. The summed E-state index contributed by atoms with van der Waals surface area (Å²) in [6.45, 7) is 2.32. The van der Waals surface area contributed by atoms with Gasteiger partial charge in [0.25, 0.3) is 0 Å². The number of carbonyl (C=O) groups excluding carboxylic acids is 1. The molecule has 0 N–H and O–H groups in total. The first kappa shape index (κ1) is 17.0. The Kier molecular flexibility index (Phi) is 5.34. The minimum absolute atomic E-state index is 0.0254. The predicted octanol–water partition coefficient (Wildman–Crippen LogP) is 3.28. The zero-order valence-corrected chi connectivity index (χ0v) is 15.0. The molecule has 2 aliphatic carbocycles. The van der Waals surface area contributed by atoms with Gasteiger partial charge in [-0.2, -0.15) is 4.98 Å². The molecule has 1 amide bonds. The van der Waals surface area contributed by atoms with Gasteiger partial charge in [-0.3, -0.25) is 4.79 Å². The van der Waals surface area contributed by atoms with E-state index in [9.17, 15) is 4.79 Å². The Labute approximate surface area is 149 Å². The molecule has 4 rings (SSSR count). The van der Waals surface area contributed by atoms with Gasteiger partial charge >= 0.3 is 0 Å². The van der Waals surface area contributed by atoms with Gasteiger partial charge < -0.3 is 14.2 Å². The fraction of sp³-hybridized carbons (Fsp3) is 0.842. The Hall–Kier alpha value is -1.43. The summed E-state index contributed by atoms with van der Waals surface area (Å²) in [5.41, 5.74) is 0. The molecule has 0 radical (unpaired) electrons. The van der Waals surface area contributed by atoms with Crippen LogP contribution in [0.3, 0.4) is 0 Å². The molecular formula is C19H29N3O3. The summed E-state index contributed by atoms with van der Waals surface area (Å²) in [5.74, 6) is 2.92. The van der Waals surface area contributed by atoms with Crippen LogP contribution in [0.5, 0.6) is 0 Å². The summed E-state index contributed by atoms with van der Waals surface area (Å²) in [7, 11) is 0. The highest BCUT2D eigenvalue weighted by Crippen LogP contribution is 2.34. The smallest absolute Gasteiger partial charge is 0.249 e. The Bertz CT molecular complexity index is 578. The average Bonchev–Trinajstić information content (AvgIpc) is 3.02. The van der Waals surface area contributed by atoms with Crippen molar-refractivity contribution in [1.82, 2.24) is 15.0 Å². The van der Waals surface area contributed by atoms with Crippen LogP contribution in [0.2, 0.25) is 0 Å². The van der Waals surface area contributed by atoms with Crippen molar-refractivity contribution >= 4 is 5.91 Å². The van der Waals surface area contributed by atoms with Crippen LogP contribution in [0.1, 0.15) is 75.5 Å². The van der Waals surface area contributed by atoms with Gasteiger partial charge in [-0.15, -0.1) is 0 Å². The maximum absolute atomic E-state index is 12.7. The number of aromatic nitrogens is 2. The molecule has 6 nitrogen and oxygen atoms in total. The van der Waals surface area contributed by atoms with Crippen LogP contribution in [-0.4, -0.2) is 40.7 Å². The Balaban J connectivity index is 1.29. The average molecular weight is 347 g/mol. The maximum Gasteiger partial charge on any atom is 0.249 e. The third-order valence-corrected chi connectivity index (χ3v) is 5.80. The van der Waals surface area contributed by atoms with Crippen molar-refractivity contribution in [2.24, 2.45) is 11.8 Å². The standard InChI is InChI=1S/C19H29N3O3/c23-18(12-14-4-1-2-5-14)22-10-3-6-16(22)19-20-17(21-25-19)9-11-24-13-15-7-8-15/h14-16H,1-13H2. The maximum atomic E-state index is 12.7. The zero-order valence-electron chi connectivity index (χ0n) is 15.0. The van der Waals surface area contributed by atoms with Crippen molar-refractivity contribution in [2.45, 2.75) is 70.3 Å². The van der Waals surface area contributed by atoms with E-state index in [1.165, 1.54) is 38.5 Å². The minimum Gasteiger partial charge on any atom is -0.381 e. The van der Waals surface area contributed by atoms with E-state index in [0.717, 1.165) is 31.9 Å². The van der Waals surface area contributed by atoms with Gasteiger partial charge in [0.15, 0.2) is 5.82 Å². The Morgan fingerprint density at radius 2 is 1.96 bits per heavy atom. The van der Waals surface area contributed by atoms with Crippen molar-refractivity contribution in [3.05, 3.63) is 11.7 Å². The monoisotopic (exact) mass is 347 g/mol. The fourth-order valence-electron chi connectivity index (χ4n) is 4.10. The molecule has 0 aromatic carbocycles. The van der Waals surface area contributed by atoms with Gasteiger partial charge in [0.05, 0.1) is 6.61 Å². The van der Waals surface area contributed by atoms with Gasteiger partial charge in [0, 0.05) is 26.0 Å². The number of nitrogens with zero attached hydrogens (tertiary/aromatic N) is 3. The number of hydrogen-bond acceptors (Lipinski definition) is 5. The van der Waals surface area contributed by atoms with E-state index >= 15 is 0 Å². The summed E-state index contributed by atoms with van der Waals surface area (Å²) in [5, 5.41) is 4.09. The summed E-state index contributed by atoms with van der Waals surface area (Å²) < 4.78 is 11.1. The van der Waals surface area contributed by atoms with E-state index in [1.54, 1.807) is 0 Å². The van der Waals surface area contributed by atoms with Crippen LogP contribution in [-0.2, 0) is 16.0 Å². The van der Waals surface area contributed by atoms with Gasteiger partial charge in [0.1, 0.15) is 6.04 Å². The first-order valence-corrected chi connectivity index (χ1v) is 9.99. The highest BCUT2D eigenvalue weighted by atomic mass is 16.5. The van der Waals surface area contributed by atoms with Crippen molar-refractivity contribution < 1.29 is 14.1 Å². The van der Waals surface area contributed by atoms with Crippen LogP contribution >= 0.6 is 0 Å². The highest BCUT2D eigenvalue weighted by Gasteiger charge is 2.35. The van der Waals surface area contributed by atoms with E-state index in [2.05, 4.69) is 10.1 Å². The summed E-state index contributed by atoms with van der Waals surface area (Å²) >= 11 is 0. The van der Waals surface area contributed by atoms with Crippen LogP contribution in [0.4, 0.5) is 0 Å². The van der Waals surface area contributed by atoms with Crippen LogP contribution in [0.15, 0.2) is 4.52 Å². The molecule has 138 valence electrons. The molecule has 25 heavy (non-hydrogen) atoms. The topological polar surface area (TPSA) is 68.5 Å². The third kappa shape index (κ3) is 4.40. The number of likely N-dealkylation sites (tertiary alicyclic amines) is 1. The number of amides is 1. The van der Waals surface area contributed by atoms with Gasteiger partial charge in [-0.1, -0.05) is 18.0 Å². The van der Waals surface area contributed by atoms with E-state index in [-0.39, 0.29) is 11.9 Å². The van der Waals surface area contributed by atoms with Gasteiger partial charge in [0.2, 0.25) is 11.8 Å². The molecule has 1 saturated heterocycles. The molecule has 3 fully saturated rings. The molecule has 1 atom stereocenters. The minimum atomic E-state index is -0.0254. The van der Waals surface area contributed by atoms with E-state index in [0.29, 0.717) is 37.1 Å². The number of ether oxygens (including phenoxy) is 1. The van der Waals surface area contributed by atoms with Gasteiger partial charge in [-0.25, -0.2) is 0 Å². The first-order chi connectivity index (χ1) is 12.3. The lowest BCUT2D eigenvalue weighted by Crippen LogP contribution is -2.31. The molecule has 0 spiro atoms. The second-order valence-corrected chi connectivity index (χ2v) is 7.92. The zero-order chi connectivity index (χ0) is 17.1. The van der Waals surface area contributed by atoms with E-state index < -0.39 is 0 Å². The number of hydrogen-bond donors (Lipinski definition) is 0. The van der Waals surface area contributed by atoms with Crippen molar-refractivity contribution in [3.8, 4) is 0 Å². The molecule has 1 aromatic heterocycles. The predicted molar refractivity (Wildman–Crippen MR) is 91.8 cm³/mol. The van der Waals surface area contributed by atoms with E-state index in [4.69, 9.17) is 9.26 Å². The first-order valence-electron chi connectivity index (χ1n) is 9.99. The fourth-order valence-corrected chi connectivity index (χ4v) is 4.10. The quantitative estimate of drug-likeness (QED) is 0.675. The van der Waals surface area contributed by atoms with E-state index in [1.807, 2.05) is 4.90 Å². The van der Waals surface area contributed by atoms with Crippen molar-refractivity contribution in [2.75, 3.05) is 19.8 Å². The molecule has 1 unspecified atom stereocenters. The highest BCUT2D eigenvalue weighted by molar-refractivity contribution is 5.77. The second kappa shape index (κ2) is 7.85. The Morgan fingerprint density at radius 1 is 1.12 bits per heavy atom. The largest absolute Gasteiger partial charge is 0.381 e. The molecule has 3 aliphatic rings. The van der Waals surface area contributed by atoms with Crippen LogP contribution in [0.25, 0.3) is 0 Å². The number of rotatable bonds is 8. The molecular weight excluding hydrogens is 318 g/mol. The number of carbonyl (C=O) groups is 1. The van der Waals surface area contributed by atoms with Gasteiger partial charge in [-0.05, 0) is 50.4 Å². The second-order valence-electron chi connectivity index (χ2n) is 7.92. The Morgan fingerprint density at radius 3 is 2.76 bits per heavy atom. The normalized spacial score (nSPS) is 24.3. The van der Waals surface area contributed by atoms with Crippen molar-refractivity contribution in [3.63, 3.8) is 0 Å². The summed E-state index contributed by atoms with van der Waals surface area (Å²) in [6.07, 6.45) is 10.9. The molecule has 2 saturated carbocycles. The van der Waals surface area contributed by atoms with Crippen LogP contribution < -0.4 is 0 Å². The van der Waals surface area contributed by atoms with Crippen molar-refractivity contribution in [1.29, 1.82) is 0 Å². The molecule has 1 aromatic rings. The molecule has 0 bridgehead atoms. The van der Waals surface area contributed by atoms with Crippen LogP contribution in [0, 0.1) is 11.8 Å². The summed E-state index contributed by atoms with van der Waals surface area (Å²) in [4.78, 5) is 19.2. The lowest BCUT2D eigenvalue weighted by molar-refractivity contribution is -0.133. The molecule has 6 heteroatoms. The lowest BCUT2D eigenvalue weighted by Gasteiger charge is -2.23. The molecule has 1 aliphatic heterocycles. The lowest BCUT2D eigenvalue weighted by atomic mass is 10.0.